The molecule has 3 aliphatic rings. The number of amides is 2. The average Bonchev–Trinajstić information content (AvgIpc) is 3.40. The zero-order valence-electron chi connectivity index (χ0n) is 18.5. The Labute approximate surface area is 197 Å². The van der Waals surface area contributed by atoms with Gasteiger partial charge < -0.3 is 14.7 Å². The van der Waals surface area contributed by atoms with Crippen LogP contribution in [0.3, 0.4) is 0 Å². The molecule has 182 valence electrons. The number of alkyl halides is 2. The largest absolute Gasteiger partial charge is 0.368 e. The van der Waals surface area contributed by atoms with Gasteiger partial charge in [-0.3, -0.25) is 9.59 Å². The fourth-order valence-corrected chi connectivity index (χ4v) is 7.38. The van der Waals surface area contributed by atoms with E-state index in [9.17, 15) is 26.8 Å². The standard InChI is InChI=1S/C22H28ClF2N3O4S/c1-15(29)26-8-10-27(11-9-26)17-3-5-20(19(23)13-17)33(31,32)18-4-2-16(12-18)21(30)28-7-6-22(24,25)14-28/h3,5,13,16,18H,2,4,6-12,14H2,1H3/t16-,18-/m1/s1. The Hall–Kier alpha value is -1.94. The quantitative estimate of drug-likeness (QED) is 0.631. The number of carbonyl (C=O) groups excluding carboxylic acids is 2. The van der Waals surface area contributed by atoms with E-state index >= 15 is 0 Å². The van der Waals surface area contributed by atoms with E-state index in [1.165, 1.54) is 13.0 Å². The van der Waals surface area contributed by atoms with Gasteiger partial charge in [0.05, 0.1) is 21.7 Å². The van der Waals surface area contributed by atoms with Gasteiger partial charge in [-0.15, -0.1) is 0 Å². The summed E-state index contributed by atoms with van der Waals surface area (Å²) in [6, 6.07) is 4.84. The summed E-state index contributed by atoms with van der Waals surface area (Å²) >= 11 is 6.40. The van der Waals surface area contributed by atoms with Gasteiger partial charge in [0.1, 0.15) is 0 Å². The molecule has 4 rings (SSSR count). The summed E-state index contributed by atoms with van der Waals surface area (Å²) < 4.78 is 53.5. The highest BCUT2D eigenvalue weighted by Crippen LogP contribution is 2.39. The molecule has 1 aliphatic carbocycles. The Balaban J connectivity index is 1.42. The molecule has 1 saturated carbocycles. The van der Waals surface area contributed by atoms with E-state index < -0.39 is 33.5 Å². The van der Waals surface area contributed by atoms with Crippen molar-refractivity contribution in [2.75, 3.05) is 44.2 Å². The van der Waals surface area contributed by atoms with Crippen LogP contribution in [0.25, 0.3) is 0 Å². The number of rotatable bonds is 4. The zero-order valence-corrected chi connectivity index (χ0v) is 20.0. The van der Waals surface area contributed by atoms with Crippen LogP contribution in [0, 0.1) is 5.92 Å². The maximum Gasteiger partial charge on any atom is 0.267 e. The molecule has 1 aromatic carbocycles. The fraction of sp³-hybridized carbons (Fsp3) is 0.636. The first-order valence-electron chi connectivity index (χ1n) is 11.2. The number of anilines is 1. The van der Waals surface area contributed by atoms with Gasteiger partial charge in [-0.2, -0.15) is 0 Å². The van der Waals surface area contributed by atoms with E-state index in [1.807, 2.05) is 0 Å². The maximum absolute atomic E-state index is 13.5. The fourth-order valence-electron chi connectivity index (χ4n) is 5.00. The van der Waals surface area contributed by atoms with Crippen molar-refractivity contribution in [2.24, 2.45) is 5.92 Å². The molecule has 2 saturated heterocycles. The van der Waals surface area contributed by atoms with Crippen molar-refractivity contribution in [1.29, 1.82) is 0 Å². The lowest BCUT2D eigenvalue weighted by Crippen LogP contribution is -2.48. The topological polar surface area (TPSA) is 78.0 Å². The van der Waals surface area contributed by atoms with Crippen LogP contribution in [-0.2, 0) is 19.4 Å². The summed E-state index contributed by atoms with van der Waals surface area (Å²) in [5, 5.41) is -0.646. The number of sulfone groups is 1. The van der Waals surface area contributed by atoms with Crippen LogP contribution in [0.5, 0.6) is 0 Å². The van der Waals surface area contributed by atoms with Crippen LogP contribution in [-0.4, -0.2) is 80.5 Å². The van der Waals surface area contributed by atoms with Crippen LogP contribution >= 0.6 is 11.6 Å². The minimum absolute atomic E-state index is 0.00766. The van der Waals surface area contributed by atoms with E-state index in [-0.39, 0.29) is 41.1 Å². The third kappa shape index (κ3) is 4.96. The average molecular weight is 504 g/mol. The summed E-state index contributed by atoms with van der Waals surface area (Å²) in [5.74, 6) is -3.78. The van der Waals surface area contributed by atoms with Crippen molar-refractivity contribution in [3.05, 3.63) is 23.2 Å². The molecule has 2 aliphatic heterocycles. The van der Waals surface area contributed by atoms with Crippen molar-refractivity contribution in [2.45, 2.75) is 48.7 Å². The number of benzene rings is 1. The van der Waals surface area contributed by atoms with Gasteiger partial charge in [0.25, 0.3) is 5.92 Å². The summed E-state index contributed by atoms with van der Waals surface area (Å²) in [4.78, 5) is 29.1. The first-order chi connectivity index (χ1) is 15.5. The predicted octanol–water partition coefficient (Wildman–Crippen LogP) is 2.82. The van der Waals surface area contributed by atoms with Crippen molar-refractivity contribution >= 4 is 38.9 Å². The molecular formula is C22H28ClF2N3O4S. The summed E-state index contributed by atoms with van der Waals surface area (Å²) in [6.07, 6.45) is 0.433. The number of piperazine rings is 1. The molecule has 3 fully saturated rings. The first kappa shape index (κ1) is 24.2. The Morgan fingerprint density at radius 3 is 2.33 bits per heavy atom. The lowest BCUT2D eigenvalue weighted by Gasteiger charge is -2.35. The second-order valence-corrected chi connectivity index (χ2v) is 11.8. The van der Waals surface area contributed by atoms with E-state index in [0.29, 0.717) is 39.0 Å². The molecule has 1 aromatic rings. The number of likely N-dealkylation sites (tertiary alicyclic amines) is 1. The molecule has 33 heavy (non-hydrogen) atoms. The van der Waals surface area contributed by atoms with Gasteiger partial charge in [-0.1, -0.05) is 11.6 Å². The minimum Gasteiger partial charge on any atom is -0.368 e. The van der Waals surface area contributed by atoms with E-state index in [4.69, 9.17) is 11.6 Å². The second kappa shape index (κ2) is 9.02. The second-order valence-electron chi connectivity index (χ2n) is 9.15. The summed E-state index contributed by atoms with van der Waals surface area (Å²) in [6.45, 7) is 3.39. The highest BCUT2D eigenvalue weighted by Gasteiger charge is 2.45. The number of carbonyl (C=O) groups is 2. The lowest BCUT2D eigenvalue weighted by atomic mass is 10.1. The van der Waals surface area contributed by atoms with Gasteiger partial charge in [0.15, 0.2) is 9.84 Å². The van der Waals surface area contributed by atoms with Crippen molar-refractivity contribution < 1.29 is 26.8 Å². The maximum atomic E-state index is 13.5. The predicted molar refractivity (Wildman–Crippen MR) is 120 cm³/mol. The normalized spacial score (nSPS) is 25.5. The Kier molecular flexibility index (Phi) is 6.61. The van der Waals surface area contributed by atoms with Gasteiger partial charge in [-0.05, 0) is 37.5 Å². The number of hydrogen-bond donors (Lipinski definition) is 0. The molecule has 2 amide bonds. The smallest absolute Gasteiger partial charge is 0.267 e. The van der Waals surface area contributed by atoms with Crippen LogP contribution in [0.15, 0.2) is 23.1 Å². The van der Waals surface area contributed by atoms with Crippen molar-refractivity contribution in [3.63, 3.8) is 0 Å². The van der Waals surface area contributed by atoms with Crippen molar-refractivity contribution in [1.82, 2.24) is 9.80 Å². The lowest BCUT2D eigenvalue weighted by molar-refractivity contribution is -0.135. The Bertz CT molecular complexity index is 1040. The van der Waals surface area contributed by atoms with Crippen LogP contribution in [0.4, 0.5) is 14.5 Å². The van der Waals surface area contributed by atoms with Crippen LogP contribution < -0.4 is 4.90 Å². The van der Waals surface area contributed by atoms with E-state index in [1.54, 1.807) is 17.0 Å². The monoisotopic (exact) mass is 503 g/mol. The third-order valence-electron chi connectivity index (χ3n) is 6.97. The number of halogens is 3. The minimum atomic E-state index is -3.77. The molecule has 11 heteroatoms. The summed E-state index contributed by atoms with van der Waals surface area (Å²) in [5.41, 5.74) is 0.789. The molecule has 2 heterocycles. The molecule has 0 radical (unpaired) electrons. The van der Waals surface area contributed by atoms with Gasteiger partial charge >= 0.3 is 0 Å². The van der Waals surface area contributed by atoms with Crippen LogP contribution in [0.1, 0.15) is 32.6 Å². The molecule has 0 N–H and O–H groups in total. The molecule has 7 nitrogen and oxygen atoms in total. The SMILES string of the molecule is CC(=O)N1CCN(c2ccc(S(=O)(=O)[C@@H]3CC[C@@H](C(=O)N4CCC(F)(F)C4)C3)c(Cl)c2)CC1. The third-order valence-corrected chi connectivity index (χ3v) is 9.67. The highest BCUT2D eigenvalue weighted by molar-refractivity contribution is 7.92. The first-order valence-corrected chi connectivity index (χ1v) is 13.1. The van der Waals surface area contributed by atoms with E-state index in [0.717, 1.165) is 10.6 Å². The molecule has 0 aromatic heterocycles. The molecular weight excluding hydrogens is 476 g/mol. The number of nitrogens with zero attached hydrogens (tertiary/aromatic N) is 3. The van der Waals surface area contributed by atoms with Gasteiger partial charge in [-0.25, -0.2) is 17.2 Å². The Morgan fingerprint density at radius 2 is 1.76 bits per heavy atom. The van der Waals surface area contributed by atoms with Gasteiger partial charge in [0.2, 0.25) is 11.8 Å². The highest BCUT2D eigenvalue weighted by atomic mass is 35.5. The molecule has 0 unspecified atom stereocenters. The number of hydrogen-bond acceptors (Lipinski definition) is 5. The van der Waals surface area contributed by atoms with E-state index in [2.05, 4.69) is 4.90 Å². The Morgan fingerprint density at radius 1 is 1.06 bits per heavy atom. The zero-order chi connectivity index (χ0) is 24.0. The molecule has 0 spiro atoms. The molecule has 0 bridgehead atoms. The summed E-state index contributed by atoms with van der Waals surface area (Å²) in [7, 11) is -3.77. The van der Waals surface area contributed by atoms with Crippen molar-refractivity contribution in [3.8, 4) is 0 Å². The molecule has 2 atom stereocenters. The van der Waals surface area contributed by atoms with Crippen LogP contribution in [0.2, 0.25) is 5.02 Å². The van der Waals surface area contributed by atoms with Gasteiger partial charge in [0, 0.05) is 57.7 Å².